The molecular weight excluding hydrogens is 451 g/mol. The summed E-state index contributed by atoms with van der Waals surface area (Å²) in [6.07, 6.45) is -1.13. The predicted molar refractivity (Wildman–Crippen MR) is 111 cm³/mol. The zero-order valence-electron chi connectivity index (χ0n) is 16.9. The highest BCUT2D eigenvalue weighted by molar-refractivity contribution is 6.31. The number of halogens is 4. The first-order valence-electron chi connectivity index (χ1n) is 9.91. The average molecular weight is 470 g/mol. The van der Waals surface area contributed by atoms with Gasteiger partial charge in [-0.3, -0.25) is 14.2 Å². The van der Waals surface area contributed by atoms with E-state index in [1.165, 1.54) is 46.6 Å². The second-order valence-corrected chi connectivity index (χ2v) is 8.04. The van der Waals surface area contributed by atoms with Crippen molar-refractivity contribution in [3.8, 4) is 11.5 Å². The smallest absolute Gasteiger partial charge is 0.490 e. The van der Waals surface area contributed by atoms with E-state index in [1.807, 2.05) is 0 Å². The molecule has 0 saturated heterocycles. The molecule has 0 N–H and O–H groups in total. The minimum Gasteiger partial charge on any atom is -0.490 e. The highest BCUT2D eigenvalue weighted by Crippen LogP contribution is 2.32. The molecule has 0 amide bonds. The number of rotatable bonds is 4. The van der Waals surface area contributed by atoms with E-state index in [1.54, 1.807) is 6.07 Å². The molecule has 170 valence electrons. The third-order valence-corrected chi connectivity index (χ3v) is 5.69. The molecule has 2 aromatic heterocycles. The van der Waals surface area contributed by atoms with E-state index in [2.05, 4.69) is 9.72 Å². The summed E-state index contributed by atoms with van der Waals surface area (Å²) in [6.45, 7) is 0. The zero-order chi connectivity index (χ0) is 23.0. The third kappa shape index (κ3) is 4.59. The molecule has 4 rings (SSSR count). The fourth-order valence-electron chi connectivity index (χ4n) is 3.98. The van der Waals surface area contributed by atoms with Crippen molar-refractivity contribution in [2.45, 2.75) is 44.2 Å². The van der Waals surface area contributed by atoms with Crippen LogP contribution in [0.5, 0.6) is 11.5 Å². The summed E-state index contributed by atoms with van der Waals surface area (Å²) in [4.78, 5) is 29.4. The minimum absolute atomic E-state index is 0.170. The van der Waals surface area contributed by atoms with Gasteiger partial charge in [0.25, 0.3) is 0 Å². The molecular formula is C21H19ClF3N3O4. The standard InChI is InChI=1S/C21H19ClF3N3O4/c1-27-17-10-12(22)11-26-18(17)28(20(30)19(27)29)13-2-4-14(5-3-13)31-15-6-8-16(9-7-15)32-21(23,24)25/h6-11,13-14H,2-5H2,1H3. The number of pyridine rings is 1. The maximum Gasteiger partial charge on any atom is 0.573 e. The van der Waals surface area contributed by atoms with Crippen molar-refractivity contribution in [3.63, 3.8) is 0 Å². The molecule has 32 heavy (non-hydrogen) atoms. The highest BCUT2D eigenvalue weighted by atomic mass is 35.5. The lowest BCUT2D eigenvalue weighted by atomic mass is 9.92. The van der Waals surface area contributed by atoms with Crippen molar-refractivity contribution in [2.75, 3.05) is 0 Å². The molecule has 0 radical (unpaired) electrons. The van der Waals surface area contributed by atoms with Gasteiger partial charge in [-0.15, -0.1) is 13.2 Å². The Kier molecular flexibility index (Phi) is 5.89. The molecule has 0 unspecified atom stereocenters. The summed E-state index contributed by atoms with van der Waals surface area (Å²) in [7, 11) is 1.50. The van der Waals surface area contributed by atoms with E-state index in [4.69, 9.17) is 16.3 Å². The molecule has 1 fully saturated rings. The Balaban J connectivity index is 1.48. The van der Waals surface area contributed by atoms with E-state index in [0.717, 1.165) is 0 Å². The number of alkyl halides is 3. The second kappa shape index (κ2) is 8.50. The molecule has 1 saturated carbocycles. The number of fused-ring (bicyclic) bond motifs is 1. The second-order valence-electron chi connectivity index (χ2n) is 7.60. The Bertz CT molecular complexity index is 1250. The van der Waals surface area contributed by atoms with Crippen molar-refractivity contribution in [2.24, 2.45) is 7.05 Å². The van der Waals surface area contributed by atoms with Crippen LogP contribution >= 0.6 is 11.6 Å². The molecule has 11 heteroatoms. The zero-order valence-corrected chi connectivity index (χ0v) is 17.7. The topological polar surface area (TPSA) is 75.4 Å². The monoisotopic (exact) mass is 469 g/mol. The van der Waals surface area contributed by atoms with Crippen molar-refractivity contribution in [1.29, 1.82) is 0 Å². The van der Waals surface area contributed by atoms with Crippen LogP contribution in [-0.4, -0.2) is 26.6 Å². The lowest BCUT2D eigenvalue weighted by Gasteiger charge is -2.30. The average Bonchev–Trinajstić information content (AvgIpc) is 2.74. The normalized spacial score (nSPS) is 19.2. The van der Waals surface area contributed by atoms with E-state index in [9.17, 15) is 22.8 Å². The maximum absolute atomic E-state index is 12.7. The predicted octanol–water partition coefficient (Wildman–Crippen LogP) is 4.21. The van der Waals surface area contributed by atoms with Gasteiger partial charge in [0, 0.05) is 19.3 Å². The van der Waals surface area contributed by atoms with Gasteiger partial charge in [-0.1, -0.05) is 11.6 Å². The summed E-state index contributed by atoms with van der Waals surface area (Å²) in [5, 5.41) is 0.362. The lowest BCUT2D eigenvalue weighted by Crippen LogP contribution is -2.43. The number of nitrogens with zero attached hydrogens (tertiary/aromatic N) is 3. The summed E-state index contributed by atoms with van der Waals surface area (Å²) in [5.41, 5.74) is -0.423. The summed E-state index contributed by atoms with van der Waals surface area (Å²) in [6, 6.07) is 6.59. The number of ether oxygens (including phenoxy) is 2. The molecule has 0 spiro atoms. The Morgan fingerprint density at radius 1 is 1.03 bits per heavy atom. The molecule has 0 atom stereocenters. The lowest BCUT2D eigenvalue weighted by molar-refractivity contribution is -0.274. The molecule has 3 aromatic rings. The van der Waals surface area contributed by atoms with Gasteiger partial charge in [0.2, 0.25) is 0 Å². The largest absolute Gasteiger partial charge is 0.573 e. The van der Waals surface area contributed by atoms with Crippen LogP contribution in [0.2, 0.25) is 5.02 Å². The summed E-state index contributed by atoms with van der Waals surface area (Å²) >= 11 is 6.01. The van der Waals surface area contributed by atoms with Crippen LogP contribution in [0.15, 0.2) is 46.1 Å². The van der Waals surface area contributed by atoms with Gasteiger partial charge in [-0.05, 0) is 56.0 Å². The van der Waals surface area contributed by atoms with Crippen LogP contribution < -0.4 is 20.6 Å². The molecule has 0 aliphatic heterocycles. The van der Waals surface area contributed by atoms with Crippen LogP contribution in [0.1, 0.15) is 31.7 Å². The summed E-state index contributed by atoms with van der Waals surface area (Å²) < 4.78 is 49.2. The maximum atomic E-state index is 12.7. The first kappa shape index (κ1) is 22.2. The Morgan fingerprint density at radius 3 is 2.28 bits per heavy atom. The minimum atomic E-state index is -4.75. The van der Waals surface area contributed by atoms with Crippen molar-refractivity contribution in [1.82, 2.24) is 14.1 Å². The van der Waals surface area contributed by atoms with E-state index < -0.39 is 17.5 Å². The van der Waals surface area contributed by atoms with Crippen LogP contribution in [0.4, 0.5) is 13.2 Å². The van der Waals surface area contributed by atoms with Crippen LogP contribution in [0.3, 0.4) is 0 Å². The van der Waals surface area contributed by atoms with Crippen molar-refractivity contribution >= 4 is 22.8 Å². The number of aryl methyl sites for hydroxylation is 1. The van der Waals surface area contributed by atoms with Crippen LogP contribution in [0, 0.1) is 0 Å². The van der Waals surface area contributed by atoms with Crippen molar-refractivity contribution in [3.05, 3.63) is 62.3 Å². The number of aromatic nitrogens is 3. The number of benzene rings is 1. The van der Waals surface area contributed by atoms with Gasteiger partial charge >= 0.3 is 17.5 Å². The fourth-order valence-corrected chi connectivity index (χ4v) is 4.13. The van der Waals surface area contributed by atoms with E-state index in [0.29, 0.717) is 47.6 Å². The van der Waals surface area contributed by atoms with E-state index >= 15 is 0 Å². The Hall–Kier alpha value is -3.01. The van der Waals surface area contributed by atoms with Crippen LogP contribution in [-0.2, 0) is 7.05 Å². The first-order chi connectivity index (χ1) is 15.1. The fraction of sp³-hybridized carbons (Fsp3) is 0.381. The number of hydrogen-bond acceptors (Lipinski definition) is 5. The quantitative estimate of drug-likeness (QED) is 0.535. The molecule has 1 aromatic carbocycles. The third-order valence-electron chi connectivity index (χ3n) is 5.48. The highest BCUT2D eigenvalue weighted by Gasteiger charge is 2.31. The molecule has 1 aliphatic rings. The van der Waals surface area contributed by atoms with E-state index in [-0.39, 0.29) is 17.9 Å². The Morgan fingerprint density at radius 2 is 1.66 bits per heavy atom. The molecule has 7 nitrogen and oxygen atoms in total. The SMILES string of the molecule is Cn1c(=O)c(=O)n(C2CCC(Oc3ccc(OC(F)(F)F)cc3)CC2)c2ncc(Cl)cc21. The van der Waals surface area contributed by atoms with Gasteiger partial charge in [0.05, 0.1) is 16.6 Å². The van der Waals surface area contributed by atoms with Crippen LogP contribution in [0.25, 0.3) is 11.2 Å². The van der Waals surface area contributed by atoms with Gasteiger partial charge in [-0.2, -0.15) is 0 Å². The first-order valence-corrected chi connectivity index (χ1v) is 10.3. The van der Waals surface area contributed by atoms with Gasteiger partial charge in [0.15, 0.2) is 5.65 Å². The van der Waals surface area contributed by atoms with Crippen molar-refractivity contribution < 1.29 is 22.6 Å². The number of hydrogen-bond donors (Lipinski definition) is 0. The molecule has 1 aliphatic carbocycles. The summed E-state index contributed by atoms with van der Waals surface area (Å²) in [5.74, 6) is 0.105. The molecule has 2 heterocycles. The van der Waals surface area contributed by atoms with Gasteiger partial charge in [-0.25, -0.2) is 4.98 Å². The van der Waals surface area contributed by atoms with Gasteiger partial charge < -0.3 is 14.0 Å². The molecule has 0 bridgehead atoms. The Labute approximate surface area is 185 Å². The van der Waals surface area contributed by atoms with Gasteiger partial charge in [0.1, 0.15) is 11.5 Å².